The molecule has 0 spiro atoms. The molecule has 0 aromatic rings. The Kier molecular flexibility index (Phi) is 8.85. The molecule has 4 atom stereocenters. The lowest BCUT2D eigenvalue weighted by molar-refractivity contribution is -0.150. The molecule has 0 N–H and O–H groups in total. The van der Waals surface area contributed by atoms with Crippen molar-refractivity contribution in [2.75, 3.05) is 0 Å². The first-order chi connectivity index (χ1) is 13.8. The van der Waals surface area contributed by atoms with E-state index in [0.29, 0.717) is 30.6 Å². The number of unbranched alkanes of at least 4 members (excludes halogenated alkanes) is 6. The molecule has 2 aliphatic rings. The van der Waals surface area contributed by atoms with Crippen LogP contribution in [0.2, 0.25) is 0 Å². The van der Waals surface area contributed by atoms with Crippen molar-refractivity contribution in [1.29, 1.82) is 0 Å². The summed E-state index contributed by atoms with van der Waals surface area (Å²) in [4.78, 5) is 36.2. The van der Waals surface area contributed by atoms with Gasteiger partial charge in [0.05, 0.1) is 5.92 Å². The number of fused-ring (bicyclic) bond motifs is 1. The summed E-state index contributed by atoms with van der Waals surface area (Å²) in [5.41, 5.74) is 1.04. The van der Waals surface area contributed by atoms with Crippen molar-refractivity contribution < 1.29 is 19.1 Å². The Balaban J connectivity index is 1.94. The van der Waals surface area contributed by atoms with E-state index in [1.807, 2.05) is 0 Å². The standard InChI is InChI=1S/C25H38O4/c1-5-6-7-8-9-10-11-12-24(28)29-23-14-13-19(3)25(4)16-20(18(2)17-26)22(27)15-21(23)25/h15,17,19-20,23H,2,5-14,16H2,1,3-4H3. The van der Waals surface area contributed by atoms with Crippen LogP contribution in [0.1, 0.15) is 91.4 Å². The van der Waals surface area contributed by atoms with Crippen molar-refractivity contribution in [1.82, 2.24) is 0 Å². The van der Waals surface area contributed by atoms with Crippen molar-refractivity contribution in [2.24, 2.45) is 17.3 Å². The number of esters is 1. The molecule has 0 aromatic heterocycles. The van der Waals surface area contributed by atoms with Crippen molar-refractivity contribution in [2.45, 2.75) is 97.5 Å². The lowest BCUT2D eigenvalue weighted by atomic mass is 9.57. The number of hydrogen-bond donors (Lipinski definition) is 0. The van der Waals surface area contributed by atoms with E-state index in [1.54, 1.807) is 6.08 Å². The van der Waals surface area contributed by atoms with Crippen LogP contribution in [0.25, 0.3) is 0 Å². The Morgan fingerprint density at radius 3 is 2.52 bits per heavy atom. The Morgan fingerprint density at radius 2 is 1.86 bits per heavy atom. The Labute approximate surface area is 176 Å². The molecule has 0 heterocycles. The topological polar surface area (TPSA) is 60.4 Å². The highest BCUT2D eigenvalue weighted by molar-refractivity contribution is 5.99. The molecular formula is C25H38O4. The molecule has 2 aliphatic carbocycles. The number of ether oxygens (including phenoxy) is 1. The molecule has 2 rings (SSSR count). The van der Waals surface area contributed by atoms with Gasteiger partial charge >= 0.3 is 5.97 Å². The minimum atomic E-state index is -0.453. The van der Waals surface area contributed by atoms with Crippen LogP contribution in [-0.4, -0.2) is 24.1 Å². The van der Waals surface area contributed by atoms with Gasteiger partial charge in [0.1, 0.15) is 12.4 Å². The van der Waals surface area contributed by atoms with E-state index in [2.05, 4.69) is 27.4 Å². The van der Waals surface area contributed by atoms with Crippen LogP contribution in [0.5, 0.6) is 0 Å². The number of ketones is 1. The van der Waals surface area contributed by atoms with Crippen molar-refractivity contribution in [3.63, 3.8) is 0 Å². The normalized spacial score (nSPS) is 29.0. The Morgan fingerprint density at radius 1 is 1.21 bits per heavy atom. The molecule has 0 aromatic carbocycles. The number of hydrogen-bond acceptors (Lipinski definition) is 4. The molecule has 4 nitrogen and oxygen atoms in total. The van der Waals surface area contributed by atoms with Gasteiger partial charge in [-0.2, -0.15) is 0 Å². The van der Waals surface area contributed by atoms with Crippen LogP contribution >= 0.6 is 0 Å². The fourth-order valence-electron chi connectivity index (χ4n) is 4.85. The van der Waals surface area contributed by atoms with E-state index in [1.165, 1.54) is 32.1 Å². The third kappa shape index (κ3) is 5.90. The summed E-state index contributed by atoms with van der Waals surface area (Å²) < 4.78 is 5.84. The van der Waals surface area contributed by atoms with E-state index in [9.17, 15) is 14.4 Å². The highest BCUT2D eigenvalue weighted by Crippen LogP contribution is 2.53. The number of carbonyl (C=O) groups is 3. The average molecular weight is 403 g/mol. The summed E-state index contributed by atoms with van der Waals surface area (Å²) in [5.74, 6) is -0.335. The first-order valence-electron chi connectivity index (χ1n) is 11.4. The first-order valence-corrected chi connectivity index (χ1v) is 11.4. The molecular weight excluding hydrogens is 364 g/mol. The quantitative estimate of drug-likeness (QED) is 0.191. The van der Waals surface area contributed by atoms with Gasteiger partial charge in [0, 0.05) is 6.42 Å². The second kappa shape index (κ2) is 10.9. The van der Waals surface area contributed by atoms with E-state index < -0.39 is 5.92 Å². The maximum atomic E-state index is 12.6. The minimum absolute atomic E-state index is 0.0863. The highest BCUT2D eigenvalue weighted by Gasteiger charge is 2.49. The Hall–Kier alpha value is -1.71. The zero-order valence-corrected chi connectivity index (χ0v) is 18.5. The fraction of sp³-hybridized carbons (Fsp3) is 0.720. The monoisotopic (exact) mass is 402 g/mol. The van der Waals surface area contributed by atoms with E-state index >= 15 is 0 Å². The Bertz CT molecular complexity index is 647. The van der Waals surface area contributed by atoms with Gasteiger partial charge in [0.2, 0.25) is 0 Å². The fourth-order valence-corrected chi connectivity index (χ4v) is 4.85. The molecule has 0 radical (unpaired) electrons. The molecule has 4 heteroatoms. The largest absolute Gasteiger partial charge is 0.458 e. The SMILES string of the molecule is C=C(C=O)C1CC2(C)C(=CC1=O)C(OC(=O)CCCCCCCCC)CCC2C. The maximum absolute atomic E-state index is 12.6. The zero-order valence-electron chi connectivity index (χ0n) is 18.5. The summed E-state index contributed by atoms with van der Waals surface area (Å²) in [7, 11) is 0. The lowest BCUT2D eigenvalue weighted by Gasteiger charge is -2.49. The average Bonchev–Trinajstić information content (AvgIpc) is 2.70. The minimum Gasteiger partial charge on any atom is -0.458 e. The predicted molar refractivity (Wildman–Crippen MR) is 115 cm³/mol. The van der Waals surface area contributed by atoms with Gasteiger partial charge in [-0.05, 0) is 54.2 Å². The number of allylic oxidation sites excluding steroid dienone is 2. The number of rotatable bonds is 11. The summed E-state index contributed by atoms with van der Waals surface area (Å²) in [5, 5.41) is 0. The van der Waals surface area contributed by atoms with Crippen LogP contribution in [0.4, 0.5) is 0 Å². The van der Waals surface area contributed by atoms with Gasteiger partial charge in [-0.15, -0.1) is 0 Å². The smallest absolute Gasteiger partial charge is 0.306 e. The highest BCUT2D eigenvalue weighted by atomic mass is 16.5. The summed E-state index contributed by atoms with van der Waals surface area (Å²) in [6.07, 6.45) is 12.9. The van der Waals surface area contributed by atoms with Crippen LogP contribution in [0.15, 0.2) is 23.8 Å². The molecule has 0 amide bonds. The van der Waals surface area contributed by atoms with Gasteiger partial charge in [-0.3, -0.25) is 14.4 Å². The summed E-state index contributed by atoms with van der Waals surface area (Å²) in [6.45, 7) is 10.3. The third-order valence-corrected chi connectivity index (χ3v) is 7.08. The second-order valence-electron chi connectivity index (χ2n) is 9.20. The summed E-state index contributed by atoms with van der Waals surface area (Å²) in [6, 6.07) is 0. The van der Waals surface area contributed by atoms with E-state index in [4.69, 9.17) is 4.74 Å². The van der Waals surface area contributed by atoms with Gasteiger partial charge in [0.25, 0.3) is 0 Å². The molecule has 162 valence electrons. The predicted octanol–water partition coefficient (Wildman–Crippen LogP) is 5.75. The van der Waals surface area contributed by atoms with Gasteiger partial charge in [-0.25, -0.2) is 0 Å². The molecule has 4 unspecified atom stereocenters. The van der Waals surface area contributed by atoms with Crippen LogP contribution in [-0.2, 0) is 19.1 Å². The summed E-state index contributed by atoms with van der Waals surface area (Å²) >= 11 is 0. The lowest BCUT2D eigenvalue weighted by Crippen LogP contribution is -2.45. The van der Waals surface area contributed by atoms with Crippen LogP contribution in [0.3, 0.4) is 0 Å². The second-order valence-corrected chi connectivity index (χ2v) is 9.20. The first kappa shape index (κ1) is 23.6. The third-order valence-electron chi connectivity index (χ3n) is 7.08. The van der Waals surface area contributed by atoms with E-state index in [0.717, 1.165) is 31.3 Å². The molecule has 0 saturated heterocycles. The number of aldehydes is 1. The van der Waals surface area contributed by atoms with Crippen molar-refractivity contribution >= 4 is 18.0 Å². The molecule has 0 aliphatic heterocycles. The number of carbonyl (C=O) groups excluding carboxylic acids is 3. The van der Waals surface area contributed by atoms with Crippen molar-refractivity contribution in [3.05, 3.63) is 23.8 Å². The molecule has 1 fully saturated rings. The zero-order chi connectivity index (χ0) is 21.4. The van der Waals surface area contributed by atoms with Crippen LogP contribution < -0.4 is 0 Å². The molecule has 29 heavy (non-hydrogen) atoms. The van der Waals surface area contributed by atoms with Crippen LogP contribution in [0, 0.1) is 17.3 Å². The van der Waals surface area contributed by atoms with E-state index in [-0.39, 0.29) is 23.3 Å². The van der Waals surface area contributed by atoms with Crippen molar-refractivity contribution in [3.8, 4) is 0 Å². The maximum Gasteiger partial charge on any atom is 0.306 e. The van der Waals surface area contributed by atoms with Gasteiger partial charge in [-0.1, -0.05) is 65.9 Å². The van der Waals surface area contributed by atoms with Gasteiger partial charge in [0.15, 0.2) is 5.78 Å². The molecule has 0 bridgehead atoms. The van der Waals surface area contributed by atoms with Gasteiger partial charge < -0.3 is 4.74 Å². The molecule has 1 saturated carbocycles.